The Labute approximate surface area is 248 Å². The fourth-order valence-electron chi connectivity index (χ4n) is 5.22. The second kappa shape index (κ2) is 13.1. The minimum absolute atomic E-state index is 0.0327. The van der Waals surface area contributed by atoms with Gasteiger partial charge in [-0.2, -0.15) is 0 Å². The topological polar surface area (TPSA) is 121 Å². The van der Waals surface area contributed by atoms with Crippen LogP contribution in [0.15, 0.2) is 83.3 Å². The first-order chi connectivity index (χ1) is 20.4. The molecule has 5 rings (SSSR count). The van der Waals surface area contributed by atoms with Gasteiger partial charge in [0.1, 0.15) is 11.6 Å². The standard InChI is InChI=1S/C31H31ClN6O4/c1-4-42-31(40)28-23(18-41-17-16-38-20(3)36-29-24(38)12-9-15-34-29)35-19(2)26(27(28)21-10-5-6-11-22(21)32)30(39)37-25-13-7-8-14-33-25/h5-15,26-27H,4,16-18H2,1-3H3,(H,33,37,39). The number of amides is 1. The summed E-state index contributed by atoms with van der Waals surface area (Å²) >= 11 is 6.67. The number of imidazole rings is 1. The molecule has 0 saturated heterocycles. The number of esters is 1. The molecule has 0 saturated carbocycles. The van der Waals surface area contributed by atoms with E-state index < -0.39 is 17.8 Å². The second-order valence-electron chi connectivity index (χ2n) is 9.72. The molecule has 2 atom stereocenters. The van der Waals surface area contributed by atoms with Crippen molar-refractivity contribution >= 4 is 46.2 Å². The van der Waals surface area contributed by atoms with Crippen LogP contribution in [0.25, 0.3) is 11.2 Å². The number of carbonyl (C=O) groups is 2. The van der Waals surface area contributed by atoms with Crippen molar-refractivity contribution < 1.29 is 19.1 Å². The number of ether oxygens (including phenoxy) is 2. The number of aliphatic imine (C=N–C) groups is 1. The van der Waals surface area contributed by atoms with Gasteiger partial charge in [0, 0.05) is 35.6 Å². The summed E-state index contributed by atoms with van der Waals surface area (Å²) in [6, 6.07) is 16.2. The smallest absolute Gasteiger partial charge is 0.336 e. The number of pyridine rings is 2. The molecule has 2 unspecified atom stereocenters. The number of rotatable bonds is 10. The minimum atomic E-state index is -0.845. The number of aromatic nitrogens is 4. The largest absolute Gasteiger partial charge is 0.463 e. The Morgan fingerprint density at radius 3 is 2.57 bits per heavy atom. The monoisotopic (exact) mass is 586 g/mol. The molecule has 1 aliphatic rings. The second-order valence-corrected chi connectivity index (χ2v) is 10.1. The Morgan fingerprint density at radius 2 is 1.81 bits per heavy atom. The van der Waals surface area contributed by atoms with Crippen LogP contribution in [0.2, 0.25) is 5.02 Å². The number of nitrogens with one attached hydrogen (secondary N) is 1. The molecule has 0 aliphatic carbocycles. The van der Waals surface area contributed by atoms with Crippen molar-refractivity contribution in [2.24, 2.45) is 10.9 Å². The predicted molar refractivity (Wildman–Crippen MR) is 160 cm³/mol. The molecule has 4 aromatic rings. The van der Waals surface area contributed by atoms with E-state index in [2.05, 4.69) is 20.3 Å². The van der Waals surface area contributed by atoms with E-state index >= 15 is 0 Å². The Bertz CT molecular complexity index is 1670. The first-order valence-corrected chi connectivity index (χ1v) is 14.0. The molecule has 11 heteroatoms. The van der Waals surface area contributed by atoms with Gasteiger partial charge in [-0.25, -0.2) is 19.7 Å². The summed E-state index contributed by atoms with van der Waals surface area (Å²) in [5, 5.41) is 3.28. The van der Waals surface area contributed by atoms with Crippen LogP contribution in [-0.2, 0) is 25.6 Å². The molecule has 3 aromatic heterocycles. The molecular weight excluding hydrogens is 556 g/mol. The number of benzene rings is 1. The molecule has 10 nitrogen and oxygen atoms in total. The van der Waals surface area contributed by atoms with Crippen LogP contribution in [0.5, 0.6) is 0 Å². The molecule has 1 amide bonds. The quantitative estimate of drug-likeness (QED) is 0.202. The Balaban J connectivity index is 1.47. The number of anilines is 1. The number of aryl methyl sites for hydroxylation is 1. The number of carbonyl (C=O) groups excluding carboxylic acids is 2. The average Bonchev–Trinajstić information content (AvgIpc) is 3.30. The van der Waals surface area contributed by atoms with Gasteiger partial charge in [-0.15, -0.1) is 0 Å². The number of nitrogens with zero attached hydrogens (tertiary/aromatic N) is 5. The van der Waals surface area contributed by atoms with Crippen LogP contribution in [0, 0.1) is 12.8 Å². The van der Waals surface area contributed by atoms with Gasteiger partial charge in [0.15, 0.2) is 5.65 Å². The van der Waals surface area contributed by atoms with Crippen molar-refractivity contribution in [3.63, 3.8) is 0 Å². The van der Waals surface area contributed by atoms with E-state index in [9.17, 15) is 9.59 Å². The molecule has 1 N–H and O–H groups in total. The van der Waals surface area contributed by atoms with E-state index in [-0.39, 0.29) is 24.7 Å². The maximum Gasteiger partial charge on any atom is 0.336 e. The Morgan fingerprint density at radius 1 is 1.02 bits per heavy atom. The number of halogens is 1. The van der Waals surface area contributed by atoms with Crippen LogP contribution < -0.4 is 5.32 Å². The zero-order valence-corrected chi connectivity index (χ0v) is 24.3. The van der Waals surface area contributed by atoms with E-state index in [1.54, 1.807) is 56.6 Å². The third-order valence-corrected chi connectivity index (χ3v) is 7.41. The van der Waals surface area contributed by atoms with Gasteiger partial charge in [0.25, 0.3) is 0 Å². The molecule has 4 heterocycles. The van der Waals surface area contributed by atoms with Crippen molar-refractivity contribution in [3.05, 3.63) is 94.7 Å². The molecule has 0 spiro atoms. The molecule has 216 valence electrons. The Kier molecular flexibility index (Phi) is 9.04. The molecule has 1 aliphatic heterocycles. The SMILES string of the molecule is CCOC(=O)C1=C(COCCn2c(C)nc3ncccc32)N=C(C)C(C(=O)Nc2ccccn2)C1c1ccccc1Cl. The normalized spacial score (nSPS) is 16.8. The van der Waals surface area contributed by atoms with E-state index in [4.69, 9.17) is 26.1 Å². The van der Waals surface area contributed by atoms with E-state index in [0.717, 1.165) is 11.3 Å². The van der Waals surface area contributed by atoms with Crippen molar-refractivity contribution in [2.45, 2.75) is 33.2 Å². The number of hydrogen-bond acceptors (Lipinski definition) is 8. The number of fused-ring (bicyclic) bond motifs is 1. The molecule has 42 heavy (non-hydrogen) atoms. The van der Waals surface area contributed by atoms with Gasteiger partial charge >= 0.3 is 5.97 Å². The molecule has 0 fully saturated rings. The van der Waals surface area contributed by atoms with Crippen LogP contribution in [-0.4, -0.2) is 56.9 Å². The first-order valence-electron chi connectivity index (χ1n) is 13.7. The molecule has 0 radical (unpaired) electrons. The van der Waals surface area contributed by atoms with Crippen molar-refractivity contribution in [1.29, 1.82) is 0 Å². The van der Waals surface area contributed by atoms with E-state index in [0.29, 0.717) is 46.6 Å². The van der Waals surface area contributed by atoms with Crippen molar-refractivity contribution in [3.8, 4) is 0 Å². The zero-order chi connectivity index (χ0) is 29.6. The lowest BCUT2D eigenvalue weighted by Crippen LogP contribution is -2.39. The third-order valence-electron chi connectivity index (χ3n) is 7.06. The highest BCUT2D eigenvalue weighted by Crippen LogP contribution is 2.42. The first kappa shape index (κ1) is 29.1. The molecule has 1 aromatic carbocycles. The van der Waals surface area contributed by atoms with Crippen molar-refractivity contribution in [2.75, 3.05) is 25.1 Å². The highest BCUT2D eigenvalue weighted by Gasteiger charge is 2.43. The maximum absolute atomic E-state index is 13.7. The summed E-state index contributed by atoms with van der Waals surface area (Å²) < 4.78 is 13.6. The summed E-state index contributed by atoms with van der Waals surface area (Å²) in [7, 11) is 0. The van der Waals surface area contributed by atoms with Gasteiger partial charge in [0.05, 0.1) is 42.5 Å². The maximum atomic E-state index is 13.7. The average molecular weight is 587 g/mol. The lowest BCUT2D eigenvalue weighted by atomic mass is 9.75. The molecular formula is C31H31ClN6O4. The molecule has 0 bridgehead atoms. The summed E-state index contributed by atoms with van der Waals surface area (Å²) in [6.45, 7) is 6.46. The third kappa shape index (κ3) is 6.09. The minimum Gasteiger partial charge on any atom is -0.463 e. The van der Waals surface area contributed by atoms with Crippen LogP contribution in [0.3, 0.4) is 0 Å². The van der Waals surface area contributed by atoms with Gasteiger partial charge < -0.3 is 19.4 Å². The van der Waals surface area contributed by atoms with E-state index in [1.165, 1.54) is 0 Å². The lowest BCUT2D eigenvalue weighted by molar-refractivity contribution is -0.139. The highest BCUT2D eigenvalue weighted by molar-refractivity contribution is 6.31. The zero-order valence-electron chi connectivity index (χ0n) is 23.6. The summed E-state index contributed by atoms with van der Waals surface area (Å²) in [5.74, 6) is -1.33. The lowest BCUT2D eigenvalue weighted by Gasteiger charge is -2.33. The van der Waals surface area contributed by atoms with Gasteiger partial charge in [-0.05, 0) is 56.7 Å². The number of hydrogen-bond donors (Lipinski definition) is 1. The predicted octanol–water partition coefficient (Wildman–Crippen LogP) is 5.14. The van der Waals surface area contributed by atoms with Crippen LogP contribution >= 0.6 is 11.6 Å². The van der Waals surface area contributed by atoms with Gasteiger partial charge in [0.2, 0.25) is 5.91 Å². The summed E-state index contributed by atoms with van der Waals surface area (Å²) in [6.07, 6.45) is 3.30. The van der Waals surface area contributed by atoms with Crippen molar-refractivity contribution in [1.82, 2.24) is 19.5 Å². The van der Waals surface area contributed by atoms with Gasteiger partial charge in [-0.3, -0.25) is 9.79 Å². The summed E-state index contributed by atoms with van der Waals surface area (Å²) in [5.41, 5.74) is 3.35. The highest BCUT2D eigenvalue weighted by atomic mass is 35.5. The van der Waals surface area contributed by atoms with E-state index in [1.807, 2.05) is 35.8 Å². The van der Waals surface area contributed by atoms with Crippen LogP contribution in [0.1, 0.15) is 31.2 Å². The fourth-order valence-corrected chi connectivity index (χ4v) is 5.47. The van der Waals surface area contributed by atoms with Crippen LogP contribution in [0.4, 0.5) is 5.82 Å². The Hall–Kier alpha value is -4.41. The van der Waals surface area contributed by atoms with Gasteiger partial charge in [-0.1, -0.05) is 35.9 Å². The fraction of sp³-hybridized carbons (Fsp3) is 0.290. The summed E-state index contributed by atoms with van der Waals surface area (Å²) in [4.78, 5) is 45.0.